The Labute approximate surface area is 180 Å². The monoisotopic (exact) mass is 423 g/mol. The Morgan fingerprint density at radius 3 is 1.24 bits per heavy atom. The average molecular weight is 424 g/mol. The van der Waals surface area contributed by atoms with Crippen LogP contribution < -0.4 is 10.4 Å². The number of H-pyrrole nitrogens is 1. The molecule has 2 aromatic carbocycles. The predicted octanol–water partition coefficient (Wildman–Crippen LogP) is 7.53. The van der Waals surface area contributed by atoms with Crippen molar-refractivity contribution >= 4 is 48.3 Å². The van der Waals surface area contributed by atoms with Gasteiger partial charge in [0.15, 0.2) is 0 Å². The van der Waals surface area contributed by atoms with Crippen molar-refractivity contribution in [3.63, 3.8) is 0 Å². The molecule has 29 heavy (non-hydrogen) atoms. The van der Waals surface area contributed by atoms with E-state index in [0.717, 1.165) is 0 Å². The summed E-state index contributed by atoms with van der Waals surface area (Å²) in [6.07, 6.45) is 5.20. The van der Waals surface area contributed by atoms with Gasteiger partial charge < -0.3 is 4.98 Å². The third-order valence-electron chi connectivity index (χ3n) is 7.20. The number of nitrogens with one attached hydrogen (secondary N) is 1. The number of benzene rings is 2. The molecule has 0 aliphatic heterocycles. The van der Waals surface area contributed by atoms with E-state index in [-0.39, 0.29) is 0 Å². The number of fused-ring (bicyclic) bond motifs is 3. The quantitative estimate of drug-likeness (QED) is 0.324. The highest BCUT2D eigenvalue weighted by molar-refractivity contribution is 6.91. The fraction of sp³-hybridized carbons (Fsp3) is 0.538. The molecule has 0 unspecified atom stereocenters. The van der Waals surface area contributed by atoms with Crippen LogP contribution >= 0.6 is 0 Å². The van der Waals surface area contributed by atoms with Gasteiger partial charge in [0.05, 0.1) is 16.1 Å². The standard InChI is InChI=1S/C26H41NSi2/c1-7-15-28(5,16-8-2)21-11-13-23-24-14-12-22(20-26(24)27-25(23)19-21)29(6,17-9-3)18-10-4/h11-14,19-20,27H,7-10,15-18H2,1-6H3. The van der Waals surface area contributed by atoms with Gasteiger partial charge in [-0.2, -0.15) is 0 Å². The maximum Gasteiger partial charge on any atom is 0.0837 e. The molecule has 0 aliphatic rings. The van der Waals surface area contributed by atoms with Crippen molar-refractivity contribution in [3.8, 4) is 0 Å². The summed E-state index contributed by atoms with van der Waals surface area (Å²) in [5, 5.41) is 6.07. The summed E-state index contributed by atoms with van der Waals surface area (Å²) in [6.45, 7) is 14.6. The minimum Gasteiger partial charge on any atom is -0.355 e. The smallest absolute Gasteiger partial charge is 0.0837 e. The molecule has 1 aromatic heterocycles. The summed E-state index contributed by atoms with van der Waals surface area (Å²) in [4.78, 5) is 3.82. The molecule has 1 heterocycles. The van der Waals surface area contributed by atoms with Crippen molar-refractivity contribution in [2.24, 2.45) is 0 Å². The number of rotatable bonds is 10. The molecular formula is C26H41NSi2. The highest BCUT2D eigenvalue weighted by atomic mass is 28.3. The first kappa shape index (κ1) is 22.4. The minimum absolute atomic E-state index is 1.30. The van der Waals surface area contributed by atoms with E-state index in [9.17, 15) is 0 Å². The van der Waals surface area contributed by atoms with Gasteiger partial charge in [-0.15, -0.1) is 0 Å². The van der Waals surface area contributed by atoms with Crippen molar-refractivity contribution in [1.29, 1.82) is 0 Å². The van der Waals surface area contributed by atoms with Crippen LogP contribution in [0.1, 0.15) is 53.4 Å². The number of aromatic amines is 1. The molecule has 1 N–H and O–H groups in total. The van der Waals surface area contributed by atoms with Gasteiger partial charge in [0, 0.05) is 21.8 Å². The Bertz CT molecular complexity index is 868. The first-order valence-corrected chi connectivity index (χ1v) is 17.8. The van der Waals surface area contributed by atoms with Crippen molar-refractivity contribution in [3.05, 3.63) is 36.4 Å². The van der Waals surface area contributed by atoms with Crippen LogP contribution in [0.5, 0.6) is 0 Å². The second kappa shape index (κ2) is 9.22. The van der Waals surface area contributed by atoms with Gasteiger partial charge in [0.25, 0.3) is 0 Å². The van der Waals surface area contributed by atoms with E-state index in [1.54, 1.807) is 10.4 Å². The molecule has 0 radical (unpaired) electrons. The van der Waals surface area contributed by atoms with Gasteiger partial charge >= 0.3 is 0 Å². The number of hydrogen-bond acceptors (Lipinski definition) is 0. The van der Waals surface area contributed by atoms with E-state index < -0.39 is 16.1 Å². The predicted molar refractivity (Wildman–Crippen MR) is 139 cm³/mol. The van der Waals surface area contributed by atoms with Gasteiger partial charge in [-0.05, 0) is 12.1 Å². The lowest BCUT2D eigenvalue weighted by Crippen LogP contribution is -2.44. The Morgan fingerprint density at radius 1 is 0.586 bits per heavy atom. The molecule has 3 aromatic rings. The molecule has 1 nitrogen and oxygen atoms in total. The van der Waals surface area contributed by atoms with Crippen LogP contribution in [0.15, 0.2) is 36.4 Å². The van der Waals surface area contributed by atoms with Gasteiger partial charge in [-0.3, -0.25) is 0 Å². The summed E-state index contributed by atoms with van der Waals surface area (Å²) in [5.41, 5.74) is 2.69. The van der Waals surface area contributed by atoms with Crippen molar-refractivity contribution in [2.45, 2.75) is 90.6 Å². The van der Waals surface area contributed by atoms with Crippen LogP contribution in [0.3, 0.4) is 0 Å². The van der Waals surface area contributed by atoms with Crippen LogP contribution in [0, 0.1) is 0 Å². The third-order valence-corrected chi connectivity index (χ3v) is 17.0. The fourth-order valence-corrected chi connectivity index (χ4v) is 13.7. The molecule has 0 aliphatic carbocycles. The fourth-order valence-electron chi connectivity index (χ4n) is 5.70. The first-order valence-electron chi connectivity index (χ1n) is 12.0. The molecular weight excluding hydrogens is 382 g/mol. The maximum absolute atomic E-state index is 3.82. The van der Waals surface area contributed by atoms with E-state index in [1.807, 2.05) is 0 Å². The average Bonchev–Trinajstić information content (AvgIpc) is 3.05. The molecule has 0 saturated carbocycles. The highest BCUT2D eigenvalue weighted by Gasteiger charge is 2.29. The summed E-state index contributed by atoms with van der Waals surface area (Å²) in [6, 6.07) is 20.3. The van der Waals surface area contributed by atoms with Crippen LogP contribution in [0.2, 0.25) is 37.3 Å². The molecule has 0 bridgehead atoms. The molecule has 0 fully saturated rings. The SMILES string of the molecule is CCC[Si](C)(CCC)c1ccc2c(c1)[nH]c1cc([Si](C)(CCC)CCC)ccc12. The summed E-state index contributed by atoms with van der Waals surface area (Å²) in [5.74, 6) is 0. The van der Waals surface area contributed by atoms with E-state index in [0.29, 0.717) is 0 Å². The third kappa shape index (κ3) is 4.41. The van der Waals surface area contributed by atoms with Crippen LogP contribution in [-0.2, 0) is 0 Å². The van der Waals surface area contributed by atoms with E-state index >= 15 is 0 Å². The second-order valence-electron chi connectivity index (χ2n) is 9.77. The second-order valence-corrected chi connectivity index (χ2v) is 19.2. The van der Waals surface area contributed by atoms with Gasteiger partial charge in [0.1, 0.15) is 0 Å². The molecule has 0 atom stereocenters. The van der Waals surface area contributed by atoms with E-state index in [2.05, 4.69) is 82.2 Å². The highest BCUT2D eigenvalue weighted by Crippen LogP contribution is 2.28. The lowest BCUT2D eigenvalue weighted by molar-refractivity contribution is 0.990. The zero-order chi connectivity index (χ0) is 21.1. The first-order chi connectivity index (χ1) is 13.9. The summed E-state index contributed by atoms with van der Waals surface area (Å²) in [7, 11) is -2.73. The normalized spacial score (nSPS) is 12.9. The molecule has 3 heteroatoms. The Balaban J connectivity index is 2.08. The van der Waals surface area contributed by atoms with Crippen LogP contribution in [0.25, 0.3) is 21.8 Å². The van der Waals surface area contributed by atoms with E-state index in [1.165, 1.54) is 71.7 Å². The number of aromatic nitrogens is 1. The zero-order valence-corrected chi connectivity index (χ0v) is 21.6. The topological polar surface area (TPSA) is 15.8 Å². The van der Waals surface area contributed by atoms with Crippen molar-refractivity contribution in [2.75, 3.05) is 0 Å². The Kier molecular flexibility index (Phi) is 7.11. The lowest BCUT2D eigenvalue weighted by atomic mass is 10.1. The molecule has 0 spiro atoms. The van der Waals surface area contributed by atoms with Crippen molar-refractivity contribution in [1.82, 2.24) is 4.98 Å². The zero-order valence-electron chi connectivity index (χ0n) is 19.6. The van der Waals surface area contributed by atoms with Gasteiger partial charge in [-0.25, -0.2) is 0 Å². The van der Waals surface area contributed by atoms with Crippen molar-refractivity contribution < 1.29 is 0 Å². The molecule has 0 saturated heterocycles. The molecule has 3 rings (SSSR count). The largest absolute Gasteiger partial charge is 0.355 e. The van der Waals surface area contributed by atoms with Crippen LogP contribution in [0.4, 0.5) is 0 Å². The molecule has 158 valence electrons. The number of hydrogen-bond donors (Lipinski definition) is 1. The Hall–Kier alpha value is -1.33. The Morgan fingerprint density at radius 2 is 0.931 bits per heavy atom. The summed E-state index contributed by atoms with van der Waals surface area (Å²) >= 11 is 0. The van der Waals surface area contributed by atoms with Crippen LogP contribution in [-0.4, -0.2) is 21.1 Å². The minimum atomic E-state index is -1.37. The van der Waals surface area contributed by atoms with Gasteiger partial charge in [-0.1, -0.05) is 125 Å². The maximum atomic E-state index is 3.82. The molecule has 0 amide bonds. The lowest BCUT2D eigenvalue weighted by Gasteiger charge is -2.27. The van der Waals surface area contributed by atoms with E-state index in [4.69, 9.17) is 0 Å². The van der Waals surface area contributed by atoms with Gasteiger partial charge in [0.2, 0.25) is 0 Å². The summed E-state index contributed by atoms with van der Waals surface area (Å²) < 4.78 is 0.